The fourth-order valence-electron chi connectivity index (χ4n) is 7.81. The number of rotatable bonds is 7. The van der Waals surface area contributed by atoms with Crippen molar-refractivity contribution >= 4 is 23.2 Å². The summed E-state index contributed by atoms with van der Waals surface area (Å²) in [5, 5.41) is 8.95. The number of hydrogen-bond donors (Lipinski definition) is 1. The lowest BCUT2D eigenvalue weighted by atomic mass is 9.68. The number of ketones is 2. The van der Waals surface area contributed by atoms with Gasteiger partial charge in [0.15, 0.2) is 17.2 Å². The van der Waals surface area contributed by atoms with Crippen LogP contribution in [0.2, 0.25) is 0 Å². The highest BCUT2D eigenvalue weighted by molar-refractivity contribution is 6.22. The molecule has 1 N–H and O–H groups in total. The van der Waals surface area contributed by atoms with E-state index in [1.807, 2.05) is 6.92 Å². The van der Waals surface area contributed by atoms with Gasteiger partial charge in [-0.15, -0.1) is 11.6 Å². The lowest BCUT2D eigenvalue weighted by Crippen LogP contribution is -2.52. The Kier molecular flexibility index (Phi) is 7.61. The van der Waals surface area contributed by atoms with Gasteiger partial charge in [-0.25, -0.2) is 0 Å². The predicted octanol–water partition coefficient (Wildman–Crippen LogP) is 4.12. The van der Waals surface area contributed by atoms with E-state index in [-0.39, 0.29) is 42.7 Å². The average molecular weight is 525 g/mol. The zero-order valence-corrected chi connectivity index (χ0v) is 22.6. The number of carbonyl (C=O) groups is 2. The third-order valence-corrected chi connectivity index (χ3v) is 10.3. The zero-order chi connectivity index (χ0) is 25.7. The molecule has 0 aromatic carbocycles. The van der Waals surface area contributed by atoms with Crippen molar-refractivity contribution in [3.63, 3.8) is 0 Å². The van der Waals surface area contributed by atoms with E-state index < -0.39 is 28.6 Å². The van der Waals surface area contributed by atoms with Crippen LogP contribution in [0.4, 0.5) is 0 Å². The zero-order valence-electron chi connectivity index (χ0n) is 21.8. The number of aliphatic hydroxyl groups is 1. The van der Waals surface area contributed by atoms with E-state index in [0.29, 0.717) is 36.5 Å². The van der Waals surface area contributed by atoms with Crippen LogP contribution in [-0.4, -0.2) is 72.4 Å². The van der Waals surface area contributed by atoms with E-state index in [9.17, 15) is 14.7 Å². The molecule has 3 aliphatic carbocycles. The molecule has 5 unspecified atom stereocenters. The molecule has 36 heavy (non-hydrogen) atoms. The van der Waals surface area contributed by atoms with Crippen molar-refractivity contribution in [2.24, 2.45) is 17.8 Å². The molecule has 3 fully saturated rings. The Morgan fingerprint density at radius 1 is 1.08 bits per heavy atom. The van der Waals surface area contributed by atoms with Gasteiger partial charge < -0.3 is 24.1 Å². The summed E-state index contributed by atoms with van der Waals surface area (Å²) < 4.78 is 25.1. The predicted molar refractivity (Wildman–Crippen MR) is 134 cm³/mol. The highest BCUT2D eigenvalue weighted by Gasteiger charge is 2.70. The van der Waals surface area contributed by atoms with Crippen molar-refractivity contribution in [1.29, 1.82) is 0 Å². The largest absolute Gasteiger partial charge is 0.487 e. The molecule has 2 aliphatic heterocycles. The average Bonchev–Trinajstić information content (AvgIpc) is 3.43. The molecular weight excluding hydrogens is 484 g/mol. The molecule has 5 rings (SSSR count). The summed E-state index contributed by atoms with van der Waals surface area (Å²) in [6.07, 6.45) is 7.96. The first-order valence-electron chi connectivity index (χ1n) is 13.8. The maximum absolute atomic E-state index is 14.4. The molecule has 1 spiro atoms. The van der Waals surface area contributed by atoms with Gasteiger partial charge in [-0.05, 0) is 38.0 Å². The Bertz CT molecular complexity index is 898. The van der Waals surface area contributed by atoms with Crippen LogP contribution in [-0.2, 0) is 28.5 Å². The molecule has 2 heterocycles. The van der Waals surface area contributed by atoms with Gasteiger partial charge in [0.1, 0.15) is 11.4 Å². The molecule has 0 aromatic rings. The van der Waals surface area contributed by atoms with E-state index >= 15 is 0 Å². The first-order valence-corrected chi connectivity index (χ1v) is 14.2. The first kappa shape index (κ1) is 26.6. The third kappa shape index (κ3) is 4.00. The fourth-order valence-corrected chi connectivity index (χ4v) is 8.22. The van der Waals surface area contributed by atoms with Crippen LogP contribution in [0, 0.1) is 17.8 Å². The monoisotopic (exact) mass is 524 g/mol. The van der Waals surface area contributed by atoms with E-state index in [4.69, 9.17) is 30.5 Å². The smallest absolute Gasteiger partial charge is 0.187 e. The highest BCUT2D eigenvalue weighted by Crippen LogP contribution is 2.59. The van der Waals surface area contributed by atoms with Crippen LogP contribution in [0.15, 0.2) is 11.3 Å². The highest BCUT2D eigenvalue weighted by atomic mass is 35.5. The summed E-state index contributed by atoms with van der Waals surface area (Å²) >= 11 is 6.85. The van der Waals surface area contributed by atoms with Gasteiger partial charge in [0.25, 0.3) is 0 Å². The Morgan fingerprint density at radius 2 is 1.81 bits per heavy atom. The van der Waals surface area contributed by atoms with E-state index in [0.717, 1.165) is 38.5 Å². The molecule has 0 amide bonds. The molecule has 0 bridgehead atoms. The minimum absolute atomic E-state index is 0.0646. The van der Waals surface area contributed by atoms with E-state index in [1.54, 1.807) is 14.2 Å². The summed E-state index contributed by atoms with van der Waals surface area (Å²) in [5.41, 5.74) is -1.21. The van der Waals surface area contributed by atoms with Gasteiger partial charge in [0.2, 0.25) is 0 Å². The Morgan fingerprint density at radius 3 is 2.47 bits per heavy atom. The maximum atomic E-state index is 14.4. The van der Waals surface area contributed by atoms with E-state index in [2.05, 4.69) is 0 Å². The summed E-state index contributed by atoms with van der Waals surface area (Å²) in [6.45, 7) is 2.06. The topological polar surface area (TPSA) is 91.3 Å². The van der Waals surface area contributed by atoms with Crippen LogP contribution in [0.3, 0.4) is 0 Å². The molecular formula is C28H41ClO7. The number of Topliss-reactive ketones (excluding diaryl/α,β-unsaturated/α-hetero) is 2. The Labute approximate surface area is 219 Å². The summed E-state index contributed by atoms with van der Waals surface area (Å²) in [6, 6.07) is 0. The number of fused-ring (bicyclic) bond motifs is 2. The van der Waals surface area contributed by atoms with Crippen LogP contribution in [0.5, 0.6) is 0 Å². The van der Waals surface area contributed by atoms with Crippen LogP contribution in [0.1, 0.15) is 77.6 Å². The molecule has 0 aromatic heterocycles. The van der Waals surface area contributed by atoms with Crippen LogP contribution >= 0.6 is 11.6 Å². The summed E-state index contributed by atoms with van der Waals surface area (Å²) in [7, 11) is 3.23. The van der Waals surface area contributed by atoms with Crippen LogP contribution < -0.4 is 0 Å². The second-order valence-corrected chi connectivity index (χ2v) is 12.1. The SMILES string of the molecule is COC1CC(OC)C2C(=O)[C@@]3(OC2C1Cl)C1=C(C[C@@](CCCCO)(C2CCCCC2)O1)C(=O)C[C@H]3C. The fraction of sp³-hybridized carbons (Fsp3) is 0.857. The molecule has 1 saturated heterocycles. The molecule has 8 heteroatoms. The molecule has 7 nitrogen and oxygen atoms in total. The Hall–Kier alpha value is -0.990. The summed E-state index contributed by atoms with van der Waals surface area (Å²) in [4.78, 5) is 27.8. The van der Waals surface area contributed by atoms with Crippen molar-refractivity contribution < 1.29 is 33.6 Å². The number of methoxy groups -OCH3 is 2. The molecule has 2 saturated carbocycles. The standard InChI is InChI=1S/C28H41ClO7/c1-16-13-19(31)18-15-27(11-7-8-12-30,17-9-5-4-6-10-17)36-26(18)28(16)25(32)22-20(33-2)14-21(34-3)23(29)24(22)35-28/h16-17,20-24,30H,4-15H2,1-3H3/t16-,20?,21?,22?,23?,24?,27+,28-/m1/s1. The second kappa shape index (κ2) is 10.3. The van der Waals surface area contributed by atoms with Gasteiger partial charge >= 0.3 is 0 Å². The van der Waals surface area contributed by atoms with Crippen molar-refractivity contribution in [3.8, 4) is 0 Å². The number of halogens is 1. The molecule has 5 aliphatic rings. The molecule has 202 valence electrons. The summed E-state index contributed by atoms with van der Waals surface area (Å²) in [5.74, 6) is -0.121. The number of hydrogen-bond acceptors (Lipinski definition) is 7. The van der Waals surface area contributed by atoms with Gasteiger partial charge in [0, 0.05) is 51.6 Å². The first-order chi connectivity index (χ1) is 17.3. The van der Waals surface area contributed by atoms with Gasteiger partial charge in [-0.3, -0.25) is 9.59 Å². The number of unbranched alkanes of at least 4 members (excludes halogenated alkanes) is 1. The van der Waals surface area contributed by atoms with Crippen molar-refractivity contribution in [1.82, 2.24) is 0 Å². The van der Waals surface area contributed by atoms with Crippen molar-refractivity contribution in [2.75, 3.05) is 20.8 Å². The quantitative estimate of drug-likeness (QED) is 0.395. The van der Waals surface area contributed by atoms with Crippen molar-refractivity contribution in [3.05, 3.63) is 11.3 Å². The maximum Gasteiger partial charge on any atom is 0.187 e. The van der Waals surface area contributed by atoms with Gasteiger partial charge in [-0.2, -0.15) is 0 Å². The normalized spacial score (nSPS) is 43.1. The van der Waals surface area contributed by atoms with E-state index in [1.165, 1.54) is 6.42 Å². The number of aliphatic hydroxyl groups excluding tert-OH is 1. The minimum Gasteiger partial charge on any atom is -0.487 e. The molecule has 0 radical (unpaired) electrons. The lowest BCUT2D eigenvalue weighted by molar-refractivity contribution is -0.154. The van der Waals surface area contributed by atoms with Gasteiger partial charge in [-0.1, -0.05) is 26.2 Å². The second-order valence-electron chi connectivity index (χ2n) is 11.6. The third-order valence-electron chi connectivity index (χ3n) is 9.76. The van der Waals surface area contributed by atoms with Crippen LogP contribution in [0.25, 0.3) is 0 Å². The number of alkyl halides is 1. The molecule has 8 atom stereocenters. The minimum atomic E-state index is -1.32. The lowest BCUT2D eigenvalue weighted by Gasteiger charge is -2.43. The number of ether oxygens (including phenoxy) is 4. The Balaban J connectivity index is 1.54. The number of carbonyl (C=O) groups excluding carboxylic acids is 2. The van der Waals surface area contributed by atoms with Crippen molar-refractivity contribution in [2.45, 2.75) is 112 Å². The van der Waals surface area contributed by atoms with Gasteiger partial charge in [0.05, 0.1) is 29.6 Å².